The average Bonchev–Trinajstić information content (AvgIpc) is 3.29. The molecule has 0 unspecified atom stereocenters. The summed E-state index contributed by atoms with van der Waals surface area (Å²) in [4.78, 5) is 44.5. The molecule has 0 radical (unpaired) electrons. The molecule has 2 aromatic carbocycles. The van der Waals surface area contributed by atoms with Gasteiger partial charge in [0.25, 0.3) is 5.91 Å². The molecule has 3 aromatic rings. The Kier molecular flexibility index (Phi) is 23.6. The lowest BCUT2D eigenvalue weighted by molar-refractivity contribution is -0.130. The molecule has 18 N–H and O–H groups in total. The number of hydrogen-bond donors (Lipinski definition) is 16. The van der Waals surface area contributed by atoms with Crippen LogP contribution < -0.4 is 32.7 Å². The van der Waals surface area contributed by atoms with Crippen molar-refractivity contribution in [3.8, 4) is 11.1 Å². The van der Waals surface area contributed by atoms with Crippen molar-refractivity contribution in [1.82, 2.24) is 36.1 Å². The highest BCUT2D eigenvalue weighted by Gasteiger charge is 2.34. The SMILES string of the molecule is N=C(NCCCCc1ccc(-c2ccc(CCCNC(=O)CNCCN(C[C@H](O)[C@@H](O)[C@H](O)[C@H](O)CO)C[C@H](O)[C@@H](O)[C@H](O)[C@H](O)CC=O)cc2)cc1)NC(=O)c1nc(Cl)c(N)nc1N. The smallest absolute Gasteiger partial charge is 0.280 e. The van der Waals surface area contributed by atoms with E-state index in [1.54, 1.807) is 0 Å². The van der Waals surface area contributed by atoms with E-state index in [1.165, 1.54) is 4.90 Å². The number of nitrogens with two attached hydrogens (primary N) is 2. The molecule has 3 rings (SSSR count). The van der Waals surface area contributed by atoms with Gasteiger partial charge in [-0.2, -0.15) is 0 Å². The number of guanidine groups is 1. The van der Waals surface area contributed by atoms with Crippen LogP contribution in [-0.2, 0) is 22.4 Å². The number of halogens is 1. The van der Waals surface area contributed by atoms with Crippen molar-refractivity contribution in [3.05, 3.63) is 70.5 Å². The van der Waals surface area contributed by atoms with Gasteiger partial charge in [-0.25, -0.2) is 9.97 Å². The normalized spacial score (nSPS) is 15.2. The van der Waals surface area contributed by atoms with Crippen LogP contribution in [0.3, 0.4) is 0 Å². The van der Waals surface area contributed by atoms with Crippen molar-refractivity contribution < 1.29 is 60.3 Å². The minimum atomic E-state index is -1.91. The Morgan fingerprint density at radius 2 is 1.23 bits per heavy atom. The number of nitrogens with zero attached hydrogens (tertiary/aromatic N) is 3. The van der Waals surface area contributed by atoms with Crippen LogP contribution in [0, 0.1) is 5.41 Å². The van der Waals surface area contributed by atoms with Crippen LogP contribution in [0.15, 0.2) is 48.5 Å². The van der Waals surface area contributed by atoms with E-state index in [1.807, 2.05) is 24.3 Å². The van der Waals surface area contributed by atoms with Crippen molar-refractivity contribution in [2.24, 2.45) is 0 Å². The fourth-order valence-electron chi connectivity index (χ4n) is 6.50. The number of carbonyl (C=O) groups excluding carboxylic acids is 3. The molecule has 0 saturated carbocycles. The average molecular weight is 935 g/mol. The summed E-state index contributed by atoms with van der Waals surface area (Å²) in [5, 5.41) is 109. The molecule has 1 heterocycles. The van der Waals surface area contributed by atoms with Gasteiger partial charge in [0.05, 0.1) is 31.5 Å². The number of rotatable bonds is 29. The number of hydrogen-bond acceptors (Lipinski definition) is 19. The molecule has 22 nitrogen and oxygen atoms in total. The molecule has 360 valence electrons. The van der Waals surface area contributed by atoms with Crippen LogP contribution in [0.2, 0.25) is 5.15 Å². The Balaban J connectivity index is 1.35. The zero-order chi connectivity index (χ0) is 48.1. The lowest BCUT2D eigenvalue weighted by Gasteiger charge is -2.33. The van der Waals surface area contributed by atoms with Gasteiger partial charge >= 0.3 is 0 Å². The fraction of sp³-hybridized carbons (Fsp3) is 0.524. The Morgan fingerprint density at radius 1 is 0.708 bits per heavy atom. The number of aldehydes is 1. The van der Waals surface area contributed by atoms with Gasteiger partial charge in [0.15, 0.2) is 28.4 Å². The highest BCUT2D eigenvalue weighted by Crippen LogP contribution is 2.22. The second-order valence-electron chi connectivity index (χ2n) is 15.4. The first-order valence-corrected chi connectivity index (χ1v) is 21.4. The topological polar surface area (TPSA) is 386 Å². The Morgan fingerprint density at radius 3 is 1.78 bits per heavy atom. The van der Waals surface area contributed by atoms with Gasteiger partial charge < -0.3 is 78.2 Å². The van der Waals surface area contributed by atoms with Crippen LogP contribution in [0.25, 0.3) is 11.1 Å². The van der Waals surface area contributed by atoms with E-state index in [4.69, 9.17) is 33.6 Å². The van der Waals surface area contributed by atoms with Gasteiger partial charge in [0, 0.05) is 45.7 Å². The second kappa shape index (κ2) is 28.2. The molecule has 2 amide bonds. The lowest BCUT2D eigenvalue weighted by Crippen LogP contribution is -2.53. The standard InChI is InChI=1S/C42H63ClN10O12/c43-38-40(45)51-39(44)33(50-38)41(65)52-42(46)49-15-2-1-4-24-6-10-26(11-7-24)27-12-8-25(9-13-27)5-3-16-48-32(60)20-47-17-18-53(22-30(58)36(63)37(64)31(59)23-55)21-29(57)35(62)34(61)28(56)14-19-54/h6-13,19,28-31,34-37,47,55-59,61-64H,1-5,14-18,20-23H2,(H,48,60)(H4,44,45,51)(H3,46,49,52,65)/t28-,29+,30+,31-,34-,35-,36-,37-/m1/s1. The maximum Gasteiger partial charge on any atom is 0.280 e. The van der Waals surface area contributed by atoms with Crippen molar-refractivity contribution in [3.63, 3.8) is 0 Å². The monoisotopic (exact) mass is 934 g/mol. The molecular weight excluding hydrogens is 872 g/mol. The van der Waals surface area contributed by atoms with Gasteiger partial charge in [-0.1, -0.05) is 60.1 Å². The van der Waals surface area contributed by atoms with Crippen LogP contribution in [-0.4, -0.2) is 186 Å². The maximum absolute atomic E-state index is 12.5. The third kappa shape index (κ3) is 18.5. The van der Waals surface area contributed by atoms with E-state index in [0.29, 0.717) is 25.8 Å². The molecular formula is C42H63ClN10O12. The molecule has 0 fully saturated rings. The van der Waals surface area contributed by atoms with Gasteiger partial charge in [0.2, 0.25) is 5.91 Å². The molecule has 0 aliphatic rings. The molecule has 0 aliphatic heterocycles. The number of aliphatic hydroxyl groups excluding tert-OH is 9. The number of aromatic nitrogens is 2. The number of amides is 2. The summed E-state index contributed by atoms with van der Waals surface area (Å²) in [6.45, 7) is -0.822. The van der Waals surface area contributed by atoms with E-state index in [9.17, 15) is 55.2 Å². The molecule has 1 aromatic heterocycles. The summed E-state index contributed by atoms with van der Waals surface area (Å²) in [6, 6.07) is 16.4. The zero-order valence-electron chi connectivity index (χ0n) is 35.8. The van der Waals surface area contributed by atoms with Gasteiger partial charge in [-0.15, -0.1) is 0 Å². The largest absolute Gasteiger partial charge is 0.394 e. The van der Waals surface area contributed by atoms with Crippen molar-refractivity contribution in [2.75, 3.05) is 63.9 Å². The number of anilines is 2. The minimum absolute atomic E-state index is 0.0157. The predicted octanol–water partition coefficient (Wildman–Crippen LogP) is -3.35. The highest BCUT2D eigenvalue weighted by molar-refractivity contribution is 6.31. The van der Waals surface area contributed by atoms with E-state index in [-0.39, 0.29) is 54.0 Å². The van der Waals surface area contributed by atoms with Crippen LogP contribution in [0.5, 0.6) is 0 Å². The van der Waals surface area contributed by atoms with Crippen molar-refractivity contribution >= 4 is 47.3 Å². The maximum atomic E-state index is 12.5. The third-order valence-electron chi connectivity index (χ3n) is 10.3. The lowest BCUT2D eigenvalue weighted by atomic mass is 9.99. The second-order valence-corrected chi connectivity index (χ2v) is 15.8. The van der Waals surface area contributed by atoms with Gasteiger partial charge in [-0.3, -0.25) is 25.2 Å². The zero-order valence-corrected chi connectivity index (χ0v) is 36.6. The summed E-state index contributed by atoms with van der Waals surface area (Å²) < 4.78 is 0. The highest BCUT2D eigenvalue weighted by atomic mass is 35.5. The summed E-state index contributed by atoms with van der Waals surface area (Å²) in [7, 11) is 0. The minimum Gasteiger partial charge on any atom is -0.394 e. The summed E-state index contributed by atoms with van der Waals surface area (Å²) in [5.74, 6) is -1.53. The first-order valence-electron chi connectivity index (χ1n) is 21.0. The van der Waals surface area contributed by atoms with Crippen LogP contribution in [0.1, 0.15) is 47.3 Å². The Labute approximate surface area is 381 Å². The number of benzene rings is 2. The third-order valence-corrected chi connectivity index (χ3v) is 10.6. The molecule has 8 atom stereocenters. The fourth-order valence-corrected chi connectivity index (χ4v) is 6.63. The van der Waals surface area contributed by atoms with Gasteiger partial charge in [-0.05, 0) is 54.4 Å². The first kappa shape index (κ1) is 54.4. The quantitative estimate of drug-likeness (QED) is 0.0140. The number of nitrogens with one attached hydrogen (secondary N) is 5. The van der Waals surface area contributed by atoms with Gasteiger partial charge in [0.1, 0.15) is 36.8 Å². The van der Waals surface area contributed by atoms with Crippen LogP contribution >= 0.6 is 11.6 Å². The first-order chi connectivity index (χ1) is 30.9. The molecule has 0 saturated heterocycles. The molecule has 0 aliphatic carbocycles. The number of aryl methyl sites for hydroxylation is 2. The van der Waals surface area contributed by atoms with E-state index < -0.39 is 80.9 Å². The molecule has 0 bridgehead atoms. The number of unbranched alkanes of at least 4 members (excludes halogenated alkanes) is 1. The molecule has 23 heteroatoms. The number of aliphatic hydroxyl groups is 9. The van der Waals surface area contributed by atoms with Crippen molar-refractivity contribution in [1.29, 1.82) is 5.41 Å². The van der Waals surface area contributed by atoms with E-state index in [2.05, 4.69) is 55.5 Å². The summed E-state index contributed by atoms with van der Waals surface area (Å²) >= 11 is 5.82. The van der Waals surface area contributed by atoms with Crippen molar-refractivity contribution in [2.45, 2.75) is 87.4 Å². The summed E-state index contributed by atoms with van der Waals surface area (Å²) in [5.41, 5.74) is 15.4. The number of carbonyl (C=O) groups is 3. The Bertz CT molecular complexity index is 1940. The number of nitrogen functional groups attached to an aromatic ring is 2. The van der Waals surface area contributed by atoms with E-state index in [0.717, 1.165) is 47.9 Å². The molecule has 65 heavy (non-hydrogen) atoms. The molecule has 0 spiro atoms. The predicted molar refractivity (Wildman–Crippen MR) is 240 cm³/mol. The van der Waals surface area contributed by atoms with Crippen LogP contribution in [0.4, 0.5) is 11.6 Å². The van der Waals surface area contributed by atoms with E-state index >= 15 is 0 Å². The summed E-state index contributed by atoms with van der Waals surface area (Å²) in [6.07, 6.45) is -10.7. The Hall–Kier alpha value is -4.95.